The van der Waals surface area contributed by atoms with E-state index in [1.165, 1.54) is 180 Å². The summed E-state index contributed by atoms with van der Waals surface area (Å²) in [4.78, 5) is 25.2. The van der Waals surface area contributed by atoms with Crippen LogP contribution in [0.2, 0.25) is 0 Å². The van der Waals surface area contributed by atoms with Crippen LogP contribution in [0.4, 0.5) is 0 Å². The molecule has 1 rings (SSSR count). The zero-order chi connectivity index (χ0) is 42.2. The third kappa shape index (κ3) is 34.8. The summed E-state index contributed by atoms with van der Waals surface area (Å²) in [5, 5.41) is 0. The molecule has 0 amide bonds. The third-order valence-corrected chi connectivity index (χ3v) is 11.8. The van der Waals surface area contributed by atoms with Crippen molar-refractivity contribution in [3.05, 3.63) is 53.6 Å². The van der Waals surface area contributed by atoms with Crippen LogP contribution < -0.4 is 29.6 Å². The minimum absolute atomic E-state index is 0. The molecule has 0 fully saturated rings. The van der Waals surface area contributed by atoms with Crippen molar-refractivity contribution in [2.75, 3.05) is 13.2 Å². The van der Waals surface area contributed by atoms with Crippen molar-refractivity contribution in [3.63, 3.8) is 0 Å². The summed E-state index contributed by atoms with van der Waals surface area (Å²) in [7, 11) is -4.83. The van der Waals surface area contributed by atoms with Gasteiger partial charge in [-0.3, -0.25) is 0 Å². The van der Waals surface area contributed by atoms with E-state index in [0.717, 1.165) is 43.9 Å². The summed E-state index contributed by atoms with van der Waals surface area (Å²) in [5.41, 5.74) is -0.387. The van der Waals surface area contributed by atoms with Crippen LogP contribution in [0.25, 0.3) is 0 Å². The van der Waals surface area contributed by atoms with Gasteiger partial charge in [-0.15, -0.1) is 0 Å². The fraction of sp³-hybridized carbons (Fsp3) is 0.760. The molecule has 7 nitrogen and oxygen atoms in total. The maximum Gasteiger partial charge on any atom is 1.00 e. The predicted molar refractivity (Wildman–Crippen MR) is 242 cm³/mol. The van der Waals surface area contributed by atoms with E-state index in [1.807, 2.05) is 0 Å². The van der Waals surface area contributed by atoms with Gasteiger partial charge in [-0.25, -0.2) is 18.0 Å². The largest absolute Gasteiger partial charge is 1.00 e. The van der Waals surface area contributed by atoms with Crippen molar-refractivity contribution in [2.24, 2.45) is 0 Å². The van der Waals surface area contributed by atoms with Crippen LogP contribution >= 0.6 is 0 Å². The van der Waals surface area contributed by atoms with E-state index in [9.17, 15) is 22.6 Å². The predicted octanol–water partition coefficient (Wildman–Crippen LogP) is 12.3. The summed E-state index contributed by atoms with van der Waals surface area (Å²) >= 11 is 0. The number of allylic oxidation sites excluding steroid dienone is 4. The number of unbranched alkanes of at least 4 members (excludes halogenated alkanes) is 30. The molecule has 1 aromatic rings. The molecular formula is C50H85NaO7S. The molecule has 0 aliphatic heterocycles. The molecule has 0 bridgehead atoms. The van der Waals surface area contributed by atoms with Gasteiger partial charge in [-0.2, -0.15) is 0 Å². The molecule has 0 atom stereocenters. The van der Waals surface area contributed by atoms with Crippen molar-refractivity contribution >= 4 is 22.1 Å². The molecule has 1 aromatic carbocycles. The minimum atomic E-state index is -4.83. The van der Waals surface area contributed by atoms with Gasteiger partial charge in [0.2, 0.25) is 0 Å². The molecule has 0 saturated heterocycles. The van der Waals surface area contributed by atoms with Crippen LogP contribution in [0.3, 0.4) is 0 Å². The molecule has 0 aliphatic rings. The van der Waals surface area contributed by atoms with Gasteiger partial charge in [0.1, 0.15) is 10.1 Å². The summed E-state index contributed by atoms with van der Waals surface area (Å²) in [6.07, 6.45) is 51.1. The third-order valence-electron chi connectivity index (χ3n) is 11.0. The van der Waals surface area contributed by atoms with Crippen molar-refractivity contribution in [3.8, 4) is 0 Å². The van der Waals surface area contributed by atoms with Crippen molar-refractivity contribution < 1.29 is 61.6 Å². The van der Waals surface area contributed by atoms with Crippen LogP contribution in [0, 0.1) is 0 Å². The summed E-state index contributed by atoms with van der Waals surface area (Å²) in [6.45, 7) is 4.80. The summed E-state index contributed by atoms with van der Waals surface area (Å²) in [6, 6.07) is 3.09. The Labute approximate surface area is 385 Å². The Bertz CT molecular complexity index is 1310. The smallest absolute Gasteiger partial charge is 0.744 e. The van der Waals surface area contributed by atoms with Gasteiger partial charge in [0, 0.05) is 0 Å². The molecular weight excluding hydrogens is 768 g/mol. The molecule has 334 valence electrons. The van der Waals surface area contributed by atoms with E-state index < -0.39 is 27.0 Å². The van der Waals surface area contributed by atoms with Gasteiger partial charge >= 0.3 is 41.5 Å². The number of hydrogen-bond donors (Lipinski definition) is 0. The van der Waals surface area contributed by atoms with Gasteiger partial charge in [0.05, 0.1) is 29.2 Å². The number of hydrogen-bond acceptors (Lipinski definition) is 7. The van der Waals surface area contributed by atoms with Gasteiger partial charge in [-0.1, -0.05) is 205 Å². The van der Waals surface area contributed by atoms with Crippen LogP contribution in [-0.2, 0) is 19.6 Å². The van der Waals surface area contributed by atoms with Gasteiger partial charge in [-0.05, 0) is 69.6 Å². The second-order valence-corrected chi connectivity index (χ2v) is 17.8. The molecule has 9 heteroatoms. The normalized spacial score (nSPS) is 11.7. The van der Waals surface area contributed by atoms with E-state index in [-0.39, 0.29) is 53.9 Å². The second-order valence-electron chi connectivity index (χ2n) is 16.4. The molecule has 0 spiro atoms. The second kappa shape index (κ2) is 41.9. The molecule has 0 heterocycles. The summed E-state index contributed by atoms with van der Waals surface area (Å²) < 4.78 is 45.8. The van der Waals surface area contributed by atoms with Gasteiger partial charge in [0.25, 0.3) is 0 Å². The van der Waals surface area contributed by atoms with Gasteiger partial charge in [0.15, 0.2) is 0 Å². The molecule has 59 heavy (non-hydrogen) atoms. The Morgan fingerprint density at radius 3 is 1.07 bits per heavy atom. The topological polar surface area (TPSA) is 110 Å². The Morgan fingerprint density at radius 1 is 0.458 bits per heavy atom. The van der Waals surface area contributed by atoms with Crippen molar-refractivity contribution in [2.45, 2.75) is 237 Å². The maximum atomic E-state index is 12.9. The fourth-order valence-corrected chi connectivity index (χ4v) is 7.80. The quantitative estimate of drug-likeness (QED) is 0.0212. The fourth-order valence-electron chi connectivity index (χ4n) is 7.30. The Kier molecular flexibility index (Phi) is 40.9. The number of benzene rings is 1. The summed E-state index contributed by atoms with van der Waals surface area (Å²) in [5.74, 6) is -1.60. The molecule has 0 radical (unpaired) electrons. The Balaban J connectivity index is 0.0000336. The number of esters is 2. The Hall–Kier alpha value is -1.45. The molecule has 0 aliphatic carbocycles. The van der Waals surface area contributed by atoms with E-state index in [1.54, 1.807) is 0 Å². The first-order valence-corrected chi connectivity index (χ1v) is 25.5. The van der Waals surface area contributed by atoms with Crippen LogP contribution in [0.1, 0.15) is 253 Å². The molecule has 0 unspecified atom stereocenters. The van der Waals surface area contributed by atoms with E-state index >= 15 is 0 Å². The number of rotatable bonds is 41. The monoisotopic (exact) mass is 853 g/mol. The standard InChI is InChI=1S/C50H86O7S.Na/c1-3-5-7-9-11-13-15-17-19-21-23-25-27-29-31-33-35-37-39-43-56-49(51)47-42-41-46(58(53,54)55)45-48(47)50(52)57-44-40-38-36-34-32-30-28-26-24-22-20-18-16-14-12-10-8-6-4-2;/h33-36,41-42,45H,3-32,37-40,43-44H2,1-2H3,(H,53,54,55);/q;+1/p-1/b35-33+,36-34+;. The maximum absolute atomic E-state index is 12.9. The van der Waals surface area contributed by atoms with Gasteiger partial charge < -0.3 is 14.0 Å². The zero-order valence-electron chi connectivity index (χ0n) is 38.3. The zero-order valence-corrected chi connectivity index (χ0v) is 41.1. The van der Waals surface area contributed by atoms with E-state index in [2.05, 4.69) is 38.2 Å². The Morgan fingerprint density at radius 2 is 0.746 bits per heavy atom. The van der Waals surface area contributed by atoms with Crippen LogP contribution in [0.15, 0.2) is 47.4 Å². The van der Waals surface area contributed by atoms with E-state index in [0.29, 0.717) is 12.8 Å². The first-order valence-electron chi connectivity index (χ1n) is 24.0. The number of carbonyl (C=O) groups excluding carboxylic acids is 2. The average molecular weight is 853 g/mol. The molecule has 0 aromatic heterocycles. The number of carbonyl (C=O) groups is 2. The average Bonchev–Trinajstić information content (AvgIpc) is 3.21. The SMILES string of the molecule is CCCCCCCCCCCCCCCC/C=C/CCCOC(=O)c1ccc(S(=O)(=O)[O-])cc1C(=O)OCCC/C=C/CCCCCCCCCCCCCCCC.[Na+]. The molecule has 0 N–H and O–H groups in total. The first-order chi connectivity index (χ1) is 28.3. The van der Waals surface area contributed by atoms with Crippen LogP contribution in [-0.4, -0.2) is 38.1 Å². The number of ether oxygens (including phenoxy) is 2. The van der Waals surface area contributed by atoms with Crippen molar-refractivity contribution in [1.82, 2.24) is 0 Å². The minimum Gasteiger partial charge on any atom is -0.744 e. The molecule has 0 saturated carbocycles. The van der Waals surface area contributed by atoms with Crippen molar-refractivity contribution in [1.29, 1.82) is 0 Å². The first kappa shape index (κ1) is 57.5. The van der Waals surface area contributed by atoms with E-state index in [4.69, 9.17) is 9.47 Å². The van der Waals surface area contributed by atoms with Crippen LogP contribution in [0.5, 0.6) is 0 Å².